The summed E-state index contributed by atoms with van der Waals surface area (Å²) in [6.07, 6.45) is 0. The number of rotatable bonds is 7. The van der Waals surface area contributed by atoms with Crippen LogP contribution in [0.2, 0.25) is 0 Å². The largest absolute Gasteiger partial charge is 0.353 e. The quantitative estimate of drug-likeness (QED) is 0.670. The van der Waals surface area contributed by atoms with Crippen LogP contribution >= 0.6 is 18.3 Å². The van der Waals surface area contributed by atoms with Gasteiger partial charge in [0.2, 0.25) is 0 Å². The van der Waals surface area contributed by atoms with Gasteiger partial charge in [-0.05, 0) is 11.8 Å². The van der Waals surface area contributed by atoms with E-state index in [1.807, 2.05) is 11.8 Å². The fourth-order valence-corrected chi connectivity index (χ4v) is 7.85. The van der Waals surface area contributed by atoms with Crippen LogP contribution in [0.1, 0.15) is 27.7 Å². The average Bonchev–Trinajstić information content (AvgIpc) is 2.77. The van der Waals surface area contributed by atoms with E-state index in [-0.39, 0.29) is 0 Å². The first-order valence-electron chi connectivity index (χ1n) is 7.08. The van der Waals surface area contributed by atoms with Crippen molar-refractivity contribution in [3.8, 4) is 0 Å². The van der Waals surface area contributed by atoms with Gasteiger partial charge in [0, 0.05) is 45.5 Å². The first kappa shape index (κ1) is 17.4. The van der Waals surface area contributed by atoms with E-state index >= 15 is 0 Å². The van der Waals surface area contributed by atoms with Gasteiger partial charge in [-0.15, -0.1) is 0 Å². The molecule has 0 amide bonds. The van der Waals surface area contributed by atoms with Crippen LogP contribution in [0.3, 0.4) is 0 Å². The first-order chi connectivity index (χ1) is 9.03. The van der Waals surface area contributed by atoms with E-state index in [2.05, 4.69) is 49.0 Å². The number of thioether (sulfide) groups is 1. The second-order valence-electron chi connectivity index (χ2n) is 4.44. The molecule has 0 bridgehead atoms. The summed E-state index contributed by atoms with van der Waals surface area (Å²) in [6.45, 7) is 11.7. The van der Waals surface area contributed by atoms with Crippen molar-refractivity contribution in [1.29, 1.82) is 0 Å². The fraction of sp³-hybridized carbons (Fsp3) is 0.917. The molecule has 0 unspecified atom stereocenters. The first-order valence-corrected chi connectivity index (χ1v) is 10.7. The van der Waals surface area contributed by atoms with Crippen molar-refractivity contribution in [2.75, 3.05) is 45.5 Å². The fourth-order valence-electron chi connectivity index (χ4n) is 2.19. The van der Waals surface area contributed by atoms with Gasteiger partial charge in [-0.1, -0.05) is 39.5 Å². The van der Waals surface area contributed by atoms with Gasteiger partial charge in [-0.2, -0.15) is 4.76 Å². The highest BCUT2D eigenvalue weighted by atomic mass is 32.4. The Labute approximate surface area is 127 Å². The van der Waals surface area contributed by atoms with Gasteiger partial charge in [-0.3, -0.25) is 0 Å². The summed E-state index contributed by atoms with van der Waals surface area (Å²) >= 11 is 7.90. The lowest BCUT2D eigenvalue weighted by Crippen LogP contribution is -2.32. The molecule has 1 aliphatic heterocycles. The number of amidine groups is 1. The summed E-state index contributed by atoms with van der Waals surface area (Å²) in [6, 6.07) is 0. The van der Waals surface area contributed by atoms with Gasteiger partial charge in [0.25, 0.3) is 0 Å². The molecule has 7 heteroatoms. The molecule has 0 aromatic heterocycles. The van der Waals surface area contributed by atoms with Crippen LogP contribution in [0.15, 0.2) is 4.76 Å². The van der Waals surface area contributed by atoms with Crippen molar-refractivity contribution in [2.45, 2.75) is 27.7 Å². The van der Waals surface area contributed by atoms with Crippen molar-refractivity contribution in [2.24, 2.45) is 4.76 Å². The Morgan fingerprint density at radius 1 is 1.16 bits per heavy atom. The second kappa shape index (κ2) is 7.99. The van der Waals surface area contributed by atoms with Crippen LogP contribution in [0.5, 0.6) is 0 Å². The van der Waals surface area contributed by atoms with E-state index < -0.39 is 6.49 Å². The number of hydrogen-bond acceptors (Lipinski definition) is 2. The topological polar surface area (TPSA) is 22.1 Å². The third kappa shape index (κ3) is 3.94. The van der Waals surface area contributed by atoms with E-state index in [0.29, 0.717) is 0 Å². The minimum absolute atomic E-state index is 0.968. The summed E-state index contributed by atoms with van der Waals surface area (Å²) in [5.41, 5.74) is 0. The highest BCUT2D eigenvalue weighted by Gasteiger charge is 2.31. The van der Waals surface area contributed by atoms with E-state index in [4.69, 9.17) is 16.6 Å². The molecule has 1 heterocycles. The van der Waals surface area contributed by atoms with Crippen molar-refractivity contribution >= 4 is 35.2 Å². The normalized spacial score (nSPS) is 19.1. The third-order valence-corrected chi connectivity index (χ3v) is 9.27. The van der Waals surface area contributed by atoms with Crippen molar-refractivity contribution in [3.63, 3.8) is 0 Å². The van der Waals surface area contributed by atoms with Crippen LogP contribution in [-0.2, 0) is 11.8 Å². The predicted molar refractivity (Wildman–Crippen MR) is 92.7 cm³/mol. The number of hydrogen-bond donors (Lipinski definition) is 0. The van der Waals surface area contributed by atoms with Gasteiger partial charge < -0.3 is 4.90 Å². The predicted octanol–water partition coefficient (Wildman–Crippen LogP) is 2.93. The Hall–Kier alpha value is 0.390. The Balaban J connectivity index is 3.14. The third-order valence-electron chi connectivity index (χ3n) is 3.40. The molecule has 0 saturated carbocycles. The Morgan fingerprint density at radius 3 is 1.95 bits per heavy atom. The van der Waals surface area contributed by atoms with Gasteiger partial charge in [0.15, 0.2) is 11.7 Å². The van der Waals surface area contributed by atoms with Gasteiger partial charge in [-0.25, -0.2) is 9.34 Å². The smallest absolute Gasteiger partial charge is 0.190 e. The zero-order valence-corrected chi connectivity index (χ0v) is 15.3. The van der Waals surface area contributed by atoms with E-state index in [0.717, 1.165) is 43.6 Å². The standard InChI is InChI=1S/C12H27N4PS2/c1-6-15(7-2)17(18,16(8-3)9-4)13-12-14(5)10-11-19-12/h6-11H2,1-5H3/b13-12+. The molecule has 0 N–H and O–H groups in total. The highest BCUT2D eigenvalue weighted by molar-refractivity contribution is 8.16. The molecule has 0 atom stereocenters. The lowest BCUT2D eigenvalue weighted by Gasteiger charge is -2.38. The minimum atomic E-state index is -2.00. The molecule has 0 spiro atoms. The van der Waals surface area contributed by atoms with Crippen LogP contribution in [0, 0.1) is 0 Å². The maximum absolute atomic E-state index is 6.07. The molecule has 0 aromatic rings. The molecule has 1 saturated heterocycles. The molecule has 0 aromatic carbocycles. The number of nitrogens with zero attached hydrogens (tertiary/aromatic N) is 4. The van der Waals surface area contributed by atoms with Crippen molar-refractivity contribution in [1.82, 2.24) is 14.2 Å². The molecule has 1 rings (SSSR count). The summed E-state index contributed by atoms with van der Waals surface area (Å²) in [7, 11) is 2.11. The summed E-state index contributed by atoms with van der Waals surface area (Å²) in [5.74, 6) is 1.13. The molecule has 1 fully saturated rings. The lowest BCUT2D eigenvalue weighted by atomic mass is 10.7. The Kier molecular flexibility index (Phi) is 7.33. The van der Waals surface area contributed by atoms with Crippen molar-refractivity contribution < 1.29 is 0 Å². The average molecular weight is 322 g/mol. The van der Waals surface area contributed by atoms with Crippen LogP contribution in [0.4, 0.5) is 0 Å². The molecular formula is C12H27N4PS2. The van der Waals surface area contributed by atoms with E-state index in [9.17, 15) is 0 Å². The molecule has 0 radical (unpaired) electrons. The summed E-state index contributed by atoms with van der Waals surface area (Å²) in [4.78, 5) is 2.23. The molecule has 112 valence electrons. The zero-order chi connectivity index (χ0) is 14.5. The monoisotopic (exact) mass is 322 g/mol. The SMILES string of the molecule is CCN(CC)P(=S)(/N=C1/SCCN1C)N(CC)CC. The lowest BCUT2D eigenvalue weighted by molar-refractivity contribution is 0.421. The minimum Gasteiger partial charge on any atom is -0.353 e. The Bertz CT molecular complexity index is 338. The van der Waals surface area contributed by atoms with Gasteiger partial charge in [0.1, 0.15) is 0 Å². The van der Waals surface area contributed by atoms with Crippen LogP contribution in [0.25, 0.3) is 0 Å². The van der Waals surface area contributed by atoms with E-state index in [1.54, 1.807) is 0 Å². The Morgan fingerprint density at radius 2 is 1.63 bits per heavy atom. The molecular weight excluding hydrogens is 295 g/mol. The van der Waals surface area contributed by atoms with Crippen molar-refractivity contribution in [3.05, 3.63) is 0 Å². The highest BCUT2D eigenvalue weighted by Crippen LogP contribution is 2.55. The summed E-state index contributed by atoms with van der Waals surface area (Å²) < 4.78 is 9.80. The maximum atomic E-state index is 6.07. The van der Waals surface area contributed by atoms with Crippen LogP contribution < -0.4 is 0 Å². The second-order valence-corrected chi connectivity index (χ2v) is 9.33. The van der Waals surface area contributed by atoms with Gasteiger partial charge >= 0.3 is 0 Å². The zero-order valence-electron chi connectivity index (χ0n) is 12.8. The molecule has 4 nitrogen and oxygen atoms in total. The molecule has 19 heavy (non-hydrogen) atoms. The van der Waals surface area contributed by atoms with E-state index in [1.165, 1.54) is 0 Å². The molecule has 1 aliphatic rings. The maximum Gasteiger partial charge on any atom is 0.190 e. The van der Waals surface area contributed by atoms with Crippen LogP contribution in [-0.4, -0.2) is 64.9 Å². The van der Waals surface area contributed by atoms with Gasteiger partial charge in [0.05, 0.1) is 0 Å². The summed E-state index contributed by atoms with van der Waals surface area (Å²) in [5, 5.41) is 1.13. The molecule has 0 aliphatic carbocycles.